The third kappa shape index (κ3) is 3.39. The second-order valence-electron chi connectivity index (χ2n) is 7.13. The lowest BCUT2D eigenvalue weighted by Crippen LogP contribution is -1.98. The fourth-order valence-electron chi connectivity index (χ4n) is 3.42. The van der Waals surface area contributed by atoms with Gasteiger partial charge in [-0.05, 0) is 25.1 Å². The maximum absolute atomic E-state index is 4.73. The van der Waals surface area contributed by atoms with E-state index in [1.54, 1.807) is 4.52 Å². The molecule has 0 saturated heterocycles. The molecule has 0 aliphatic carbocycles. The van der Waals surface area contributed by atoms with Gasteiger partial charge in [0.2, 0.25) is 0 Å². The highest BCUT2D eigenvalue weighted by Crippen LogP contribution is 2.21. The molecule has 30 heavy (non-hydrogen) atoms. The van der Waals surface area contributed by atoms with Crippen LogP contribution in [-0.2, 0) is 7.05 Å². The molecule has 0 aliphatic rings. The molecule has 0 amide bonds. The molecule has 0 spiro atoms. The zero-order valence-corrected chi connectivity index (χ0v) is 16.8. The molecular formula is C24H20N6. The molecule has 0 aliphatic heterocycles. The number of hydrogen-bond donors (Lipinski definition) is 0. The zero-order chi connectivity index (χ0) is 20.5. The van der Waals surface area contributed by atoms with E-state index in [9.17, 15) is 0 Å². The largest absolute Gasteiger partial charge is 0.334 e. The number of imidazole rings is 1. The molecule has 6 heteroatoms. The fourth-order valence-corrected chi connectivity index (χ4v) is 3.42. The monoisotopic (exact) mass is 392 g/mol. The summed E-state index contributed by atoms with van der Waals surface area (Å²) in [6, 6.07) is 22.3. The molecule has 0 radical (unpaired) electrons. The maximum atomic E-state index is 4.73. The lowest BCUT2D eigenvalue weighted by Gasteiger charge is -2.04. The van der Waals surface area contributed by atoms with Crippen molar-refractivity contribution < 1.29 is 0 Å². The lowest BCUT2D eigenvalue weighted by molar-refractivity contribution is 0.897. The quantitative estimate of drug-likeness (QED) is 0.446. The molecule has 0 fully saturated rings. The summed E-state index contributed by atoms with van der Waals surface area (Å²) in [5, 5.41) is 4.66. The molecule has 0 bridgehead atoms. The first-order chi connectivity index (χ1) is 14.7. The van der Waals surface area contributed by atoms with Gasteiger partial charge in [0.15, 0.2) is 5.82 Å². The van der Waals surface area contributed by atoms with Gasteiger partial charge in [-0.1, -0.05) is 60.7 Å². The molecular weight excluding hydrogens is 372 g/mol. The van der Waals surface area contributed by atoms with Crippen molar-refractivity contribution in [2.75, 3.05) is 0 Å². The Labute approximate surface area is 174 Å². The van der Waals surface area contributed by atoms with E-state index in [1.807, 2.05) is 79.4 Å². The molecule has 2 aromatic carbocycles. The minimum absolute atomic E-state index is 0.582. The summed E-state index contributed by atoms with van der Waals surface area (Å²) in [6.45, 7) is 1.97. The Balaban J connectivity index is 1.51. The van der Waals surface area contributed by atoms with E-state index < -0.39 is 0 Å². The fraction of sp³-hybridized carbons (Fsp3) is 0.0833. The number of aromatic nitrogens is 6. The predicted octanol–water partition coefficient (Wildman–Crippen LogP) is 4.67. The molecule has 3 heterocycles. The smallest absolute Gasteiger partial charge is 0.253 e. The van der Waals surface area contributed by atoms with Crippen LogP contribution >= 0.6 is 0 Å². The summed E-state index contributed by atoms with van der Waals surface area (Å²) in [4.78, 5) is 13.8. The van der Waals surface area contributed by atoms with Gasteiger partial charge in [-0.25, -0.2) is 9.97 Å². The highest BCUT2D eigenvalue weighted by molar-refractivity contribution is 5.68. The highest BCUT2D eigenvalue weighted by atomic mass is 15.3. The first-order valence-electron chi connectivity index (χ1n) is 9.74. The van der Waals surface area contributed by atoms with E-state index in [4.69, 9.17) is 4.98 Å². The minimum Gasteiger partial charge on any atom is -0.334 e. The number of hydrogen-bond acceptors (Lipinski definition) is 4. The average molecular weight is 392 g/mol. The van der Waals surface area contributed by atoms with Crippen molar-refractivity contribution in [3.05, 3.63) is 90.3 Å². The first kappa shape index (κ1) is 18.0. The van der Waals surface area contributed by atoms with Gasteiger partial charge in [0.1, 0.15) is 5.82 Å². The van der Waals surface area contributed by atoms with Crippen LogP contribution in [-0.4, -0.2) is 29.1 Å². The van der Waals surface area contributed by atoms with Crippen molar-refractivity contribution >= 4 is 17.9 Å². The van der Waals surface area contributed by atoms with Crippen molar-refractivity contribution in [2.24, 2.45) is 7.05 Å². The molecule has 5 rings (SSSR count). The second kappa shape index (κ2) is 7.40. The zero-order valence-electron chi connectivity index (χ0n) is 16.8. The van der Waals surface area contributed by atoms with Gasteiger partial charge >= 0.3 is 0 Å². The summed E-state index contributed by atoms with van der Waals surface area (Å²) in [7, 11) is 1.98. The van der Waals surface area contributed by atoms with Gasteiger partial charge in [0.25, 0.3) is 5.78 Å². The van der Waals surface area contributed by atoms with Crippen molar-refractivity contribution in [1.82, 2.24) is 29.1 Å². The minimum atomic E-state index is 0.582. The Morgan fingerprint density at radius 3 is 2.23 bits per heavy atom. The molecule has 146 valence electrons. The summed E-state index contributed by atoms with van der Waals surface area (Å²) in [5.41, 5.74) is 4.97. The number of aryl methyl sites for hydroxylation is 2. The molecule has 3 aromatic heterocycles. The lowest BCUT2D eigenvalue weighted by atomic mass is 10.1. The van der Waals surface area contributed by atoms with Gasteiger partial charge in [-0.2, -0.15) is 9.50 Å². The van der Waals surface area contributed by atoms with Gasteiger partial charge < -0.3 is 4.57 Å². The van der Waals surface area contributed by atoms with Crippen LogP contribution in [0.25, 0.3) is 40.4 Å². The van der Waals surface area contributed by atoms with Crippen LogP contribution < -0.4 is 0 Å². The maximum Gasteiger partial charge on any atom is 0.253 e. The predicted molar refractivity (Wildman–Crippen MR) is 119 cm³/mol. The van der Waals surface area contributed by atoms with Crippen LogP contribution in [0, 0.1) is 6.92 Å². The standard InChI is InChI=1S/C24H20N6/c1-17-15-21(19-11-7-4-8-12-19)30-24(25-17)27-22(28-30)13-14-23-26-20(16-29(23)2)18-9-5-3-6-10-18/h3-16H,1-2H3. The number of fused-ring (bicyclic) bond motifs is 1. The van der Waals surface area contributed by atoms with Crippen molar-refractivity contribution in [3.8, 4) is 22.5 Å². The summed E-state index contributed by atoms with van der Waals surface area (Å²) >= 11 is 0. The topological polar surface area (TPSA) is 60.9 Å². The summed E-state index contributed by atoms with van der Waals surface area (Å²) < 4.78 is 3.78. The average Bonchev–Trinajstić information content (AvgIpc) is 3.35. The number of benzene rings is 2. The SMILES string of the molecule is Cc1cc(-c2ccccc2)n2nc(C=Cc3nc(-c4ccccc4)cn3C)nc2n1. The first-order valence-corrected chi connectivity index (χ1v) is 9.74. The third-order valence-corrected chi connectivity index (χ3v) is 4.89. The molecule has 6 nitrogen and oxygen atoms in total. The van der Waals surface area contributed by atoms with E-state index in [1.165, 1.54) is 0 Å². The van der Waals surface area contributed by atoms with Gasteiger partial charge in [-0.15, -0.1) is 5.10 Å². The Bertz CT molecular complexity index is 1350. The van der Waals surface area contributed by atoms with E-state index in [-0.39, 0.29) is 0 Å². The van der Waals surface area contributed by atoms with E-state index in [2.05, 4.69) is 39.3 Å². The van der Waals surface area contributed by atoms with Crippen molar-refractivity contribution in [3.63, 3.8) is 0 Å². The molecule has 5 aromatic rings. The van der Waals surface area contributed by atoms with Crippen LogP contribution in [0.4, 0.5) is 0 Å². The Morgan fingerprint density at radius 1 is 0.800 bits per heavy atom. The van der Waals surface area contributed by atoms with Crippen LogP contribution in [0.1, 0.15) is 17.3 Å². The summed E-state index contributed by atoms with van der Waals surface area (Å²) in [6.07, 6.45) is 5.82. The van der Waals surface area contributed by atoms with Crippen LogP contribution in [0.2, 0.25) is 0 Å². The van der Waals surface area contributed by atoms with Gasteiger partial charge in [0, 0.05) is 30.1 Å². The normalized spacial score (nSPS) is 11.5. The Kier molecular flexibility index (Phi) is 4.44. The number of rotatable bonds is 4. The Hall–Kier alpha value is -4.06. The number of nitrogens with zero attached hydrogens (tertiary/aromatic N) is 6. The van der Waals surface area contributed by atoms with Crippen LogP contribution in [0.3, 0.4) is 0 Å². The van der Waals surface area contributed by atoms with Gasteiger partial charge in [0.05, 0.1) is 11.4 Å². The highest BCUT2D eigenvalue weighted by Gasteiger charge is 2.11. The Morgan fingerprint density at radius 2 is 1.50 bits per heavy atom. The molecule has 0 saturated carbocycles. The van der Waals surface area contributed by atoms with E-state index in [0.29, 0.717) is 11.6 Å². The van der Waals surface area contributed by atoms with Crippen LogP contribution in [0.15, 0.2) is 72.9 Å². The van der Waals surface area contributed by atoms with Crippen LogP contribution in [0.5, 0.6) is 0 Å². The van der Waals surface area contributed by atoms with Gasteiger partial charge in [-0.3, -0.25) is 0 Å². The second-order valence-corrected chi connectivity index (χ2v) is 7.13. The van der Waals surface area contributed by atoms with Crippen molar-refractivity contribution in [1.29, 1.82) is 0 Å². The van der Waals surface area contributed by atoms with Crippen molar-refractivity contribution in [2.45, 2.75) is 6.92 Å². The molecule has 0 N–H and O–H groups in total. The van der Waals surface area contributed by atoms with E-state index >= 15 is 0 Å². The molecule has 0 atom stereocenters. The van der Waals surface area contributed by atoms with E-state index in [0.717, 1.165) is 34.0 Å². The molecule has 0 unspecified atom stereocenters. The summed E-state index contributed by atoms with van der Waals surface area (Å²) in [5.74, 6) is 2.01. The third-order valence-electron chi connectivity index (χ3n) is 4.89.